The first kappa shape index (κ1) is 26.0. The van der Waals surface area contributed by atoms with Crippen LogP contribution < -0.4 is 10.4 Å². The zero-order valence-electron chi connectivity index (χ0n) is 21.7. The van der Waals surface area contributed by atoms with E-state index in [1.807, 2.05) is 18.2 Å². The quantitative estimate of drug-likeness (QED) is 0.259. The Morgan fingerprint density at radius 1 is 0.838 bits per heavy atom. The monoisotopic (exact) mass is 510 g/mol. The SMILES string of the molecule is CC(C)(C)c1cc(C(C)(C)C)c2oc(=O)c(-c3ccc(Oc4cc(C#N)c(C#N)cc4Cl)cc3)cc2c1. The fourth-order valence-corrected chi connectivity index (χ4v) is 4.27. The Kier molecular flexibility index (Phi) is 6.63. The van der Waals surface area contributed by atoms with Crippen molar-refractivity contribution in [2.75, 3.05) is 0 Å². The molecule has 0 atom stereocenters. The number of halogens is 1. The lowest BCUT2D eigenvalue weighted by Gasteiger charge is -2.26. The molecule has 3 aromatic carbocycles. The molecule has 37 heavy (non-hydrogen) atoms. The van der Waals surface area contributed by atoms with Crippen LogP contribution >= 0.6 is 11.6 Å². The number of ether oxygens (including phenoxy) is 1. The van der Waals surface area contributed by atoms with Gasteiger partial charge >= 0.3 is 5.63 Å². The molecule has 6 heteroatoms. The summed E-state index contributed by atoms with van der Waals surface area (Å²) in [6.07, 6.45) is 0. The minimum Gasteiger partial charge on any atom is -0.456 e. The maximum Gasteiger partial charge on any atom is 0.344 e. The van der Waals surface area contributed by atoms with E-state index in [1.165, 1.54) is 17.7 Å². The fourth-order valence-electron chi connectivity index (χ4n) is 4.07. The average molecular weight is 511 g/mol. The summed E-state index contributed by atoms with van der Waals surface area (Å²) in [5, 5.41) is 19.5. The molecule has 186 valence electrons. The summed E-state index contributed by atoms with van der Waals surface area (Å²) in [7, 11) is 0. The maximum atomic E-state index is 13.1. The van der Waals surface area contributed by atoms with Gasteiger partial charge in [-0.05, 0) is 52.3 Å². The van der Waals surface area contributed by atoms with E-state index in [0.29, 0.717) is 22.5 Å². The molecule has 0 spiro atoms. The molecule has 0 aliphatic heterocycles. The van der Waals surface area contributed by atoms with Gasteiger partial charge in [-0.1, -0.05) is 71.3 Å². The summed E-state index contributed by atoms with van der Waals surface area (Å²) >= 11 is 6.24. The molecule has 0 saturated heterocycles. The van der Waals surface area contributed by atoms with Crippen LogP contribution in [0.3, 0.4) is 0 Å². The predicted octanol–water partition coefficient (Wildman–Crippen LogP) is 8.24. The summed E-state index contributed by atoms with van der Waals surface area (Å²) in [6.45, 7) is 12.8. The van der Waals surface area contributed by atoms with Crippen molar-refractivity contribution in [3.8, 4) is 34.8 Å². The summed E-state index contributed by atoms with van der Waals surface area (Å²) < 4.78 is 11.8. The largest absolute Gasteiger partial charge is 0.456 e. The lowest BCUT2D eigenvalue weighted by atomic mass is 9.79. The highest BCUT2D eigenvalue weighted by Crippen LogP contribution is 2.37. The van der Waals surface area contributed by atoms with E-state index in [1.54, 1.807) is 24.3 Å². The van der Waals surface area contributed by atoms with Crippen LogP contribution in [0.1, 0.15) is 63.8 Å². The molecular weight excluding hydrogens is 484 g/mol. The third-order valence-electron chi connectivity index (χ3n) is 6.21. The Morgan fingerprint density at radius 3 is 2.03 bits per heavy atom. The maximum absolute atomic E-state index is 13.1. The molecule has 4 rings (SSSR count). The van der Waals surface area contributed by atoms with E-state index < -0.39 is 5.63 Å². The van der Waals surface area contributed by atoms with Crippen molar-refractivity contribution in [1.82, 2.24) is 0 Å². The standard InChI is InChI=1S/C31H27ClN2O3/c1-30(2,3)22-11-19-12-24(29(35)37-28(19)25(15-22)31(4,5)6)18-7-9-23(10-8-18)36-27-14-21(17-34)20(16-33)13-26(27)32/h7-15H,1-6H3. The molecule has 1 aromatic heterocycles. The van der Waals surface area contributed by atoms with Crippen molar-refractivity contribution >= 4 is 22.6 Å². The highest BCUT2D eigenvalue weighted by molar-refractivity contribution is 6.32. The van der Waals surface area contributed by atoms with Crippen molar-refractivity contribution in [1.29, 1.82) is 10.5 Å². The van der Waals surface area contributed by atoms with Gasteiger partial charge in [0.2, 0.25) is 0 Å². The number of nitriles is 2. The number of hydrogen-bond acceptors (Lipinski definition) is 5. The number of nitrogens with zero attached hydrogens (tertiary/aromatic N) is 2. The molecule has 0 amide bonds. The third-order valence-corrected chi connectivity index (χ3v) is 6.51. The molecule has 0 aliphatic carbocycles. The molecule has 1 heterocycles. The molecule has 0 saturated carbocycles. The van der Waals surface area contributed by atoms with Crippen LogP contribution in [-0.4, -0.2) is 0 Å². The second-order valence-electron chi connectivity index (χ2n) is 11.1. The van der Waals surface area contributed by atoms with Crippen LogP contribution in [0.5, 0.6) is 11.5 Å². The van der Waals surface area contributed by atoms with Gasteiger partial charge in [0.15, 0.2) is 0 Å². The Bertz CT molecular complexity index is 1660. The molecule has 5 nitrogen and oxygen atoms in total. The van der Waals surface area contributed by atoms with Crippen LogP contribution in [-0.2, 0) is 10.8 Å². The van der Waals surface area contributed by atoms with Gasteiger partial charge in [0.1, 0.15) is 29.2 Å². The van der Waals surface area contributed by atoms with Gasteiger partial charge < -0.3 is 9.15 Å². The predicted molar refractivity (Wildman–Crippen MR) is 146 cm³/mol. The van der Waals surface area contributed by atoms with Crippen LogP contribution in [0.15, 0.2) is 63.8 Å². The van der Waals surface area contributed by atoms with Crippen molar-refractivity contribution < 1.29 is 9.15 Å². The first-order valence-corrected chi connectivity index (χ1v) is 12.2. The average Bonchev–Trinajstić information content (AvgIpc) is 2.83. The van der Waals surface area contributed by atoms with E-state index in [-0.39, 0.29) is 32.7 Å². The van der Waals surface area contributed by atoms with Crippen molar-refractivity contribution in [2.45, 2.75) is 52.4 Å². The molecule has 0 radical (unpaired) electrons. The lowest BCUT2D eigenvalue weighted by Crippen LogP contribution is -2.17. The van der Waals surface area contributed by atoms with Crippen LogP contribution in [0, 0.1) is 22.7 Å². The van der Waals surface area contributed by atoms with Crippen molar-refractivity contribution in [3.63, 3.8) is 0 Å². The molecular formula is C31H27ClN2O3. The molecule has 0 bridgehead atoms. The van der Waals surface area contributed by atoms with Gasteiger partial charge in [-0.3, -0.25) is 0 Å². The number of rotatable bonds is 3. The Morgan fingerprint density at radius 2 is 1.46 bits per heavy atom. The smallest absolute Gasteiger partial charge is 0.344 e. The zero-order valence-corrected chi connectivity index (χ0v) is 22.4. The minimum absolute atomic E-state index is 0.0679. The van der Waals surface area contributed by atoms with E-state index in [0.717, 1.165) is 10.9 Å². The number of benzene rings is 3. The molecule has 0 unspecified atom stereocenters. The topological polar surface area (TPSA) is 87.0 Å². The van der Waals surface area contributed by atoms with Gasteiger partial charge in [0, 0.05) is 17.0 Å². The van der Waals surface area contributed by atoms with Gasteiger partial charge in [-0.2, -0.15) is 10.5 Å². The van der Waals surface area contributed by atoms with E-state index in [4.69, 9.17) is 26.0 Å². The van der Waals surface area contributed by atoms with Crippen LogP contribution in [0.25, 0.3) is 22.1 Å². The lowest BCUT2D eigenvalue weighted by molar-refractivity contribution is 0.482. The van der Waals surface area contributed by atoms with E-state index in [2.05, 4.69) is 53.7 Å². The first-order valence-electron chi connectivity index (χ1n) is 11.9. The normalized spacial score (nSPS) is 11.7. The summed E-state index contributed by atoms with van der Waals surface area (Å²) in [5.41, 5.74) is 3.59. The number of hydrogen-bond donors (Lipinski definition) is 0. The Labute approximate surface area is 221 Å². The van der Waals surface area contributed by atoms with Gasteiger partial charge in [-0.15, -0.1) is 0 Å². The molecule has 0 aliphatic rings. The summed E-state index contributed by atoms with van der Waals surface area (Å²) in [5.74, 6) is 0.731. The van der Waals surface area contributed by atoms with E-state index >= 15 is 0 Å². The highest BCUT2D eigenvalue weighted by Gasteiger charge is 2.24. The Balaban J connectivity index is 1.75. The summed E-state index contributed by atoms with van der Waals surface area (Å²) in [4.78, 5) is 13.1. The van der Waals surface area contributed by atoms with E-state index in [9.17, 15) is 10.1 Å². The van der Waals surface area contributed by atoms with Gasteiger partial charge in [0.25, 0.3) is 0 Å². The molecule has 4 aromatic rings. The second kappa shape index (κ2) is 9.43. The number of fused-ring (bicyclic) bond motifs is 1. The summed E-state index contributed by atoms with van der Waals surface area (Å²) in [6, 6.07) is 19.8. The Hall–Kier alpha value is -4.06. The molecule has 0 fully saturated rings. The van der Waals surface area contributed by atoms with Crippen molar-refractivity contribution in [3.05, 3.63) is 92.3 Å². The van der Waals surface area contributed by atoms with Gasteiger partial charge in [-0.25, -0.2) is 4.79 Å². The second-order valence-corrected chi connectivity index (χ2v) is 11.5. The zero-order chi connectivity index (χ0) is 27.1. The first-order chi connectivity index (χ1) is 17.3. The third kappa shape index (κ3) is 5.24. The molecule has 0 N–H and O–H groups in total. The van der Waals surface area contributed by atoms with Gasteiger partial charge in [0.05, 0.1) is 21.7 Å². The fraction of sp³-hybridized carbons (Fsp3) is 0.258. The highest BCUT2D eigenvalue weighted by atomic mass is 35.5. The van der Waals surface area contributed by atoms with Crippen LogP contribution in [0.2, 0.25) is 5.02 Å². The minimum atomic E-state index is -0.413. The van der Waals surface area contributed by atoms with Crippen LogP contribution in [0.4, 0.5) is 0 Å². The van der Waals surface area contributed by atoms with Crippen molar-refractivity contribution in [2.24, 2.45) is 0 Å².